The number of hydrogen-bond acceptors (Lipinski definition) is 5. The monoisotopic (exact) mass is 328 g/mol. The summed E-state index contributed by atoms with van der Waals surface area (Å²) in [6.45, 7) is 1.57. The number of nitrogens with one attached hydrogen (secondary N) is 1. The van der Waals surface area contributed by atoms with Crippen molar-refractivity contribution in [1.29, 1.82) is 0 Å². The quantitative estimate of drug-likeness (QED) is 0.844. The van der Waals surface area contributed by atoms with E-state index in [0.29, 0.717) is 12.2 Å². The summed E-state index contributed by atoms with van der Waals surface area (Å²) >= 11 is 0. The highest BCUT2D eigenvalue weighted by molar-refractivity contribution is 5.93. The van der Waals surface area contributed by atoms with Crippen molar-refractivity contribution in [3.8, 4) is 0 Å². The van der Waals surface area contributed by atoms with Gasteiger partial charge in [-0.2, -0.15) is 0 Å². The fourth-order valence-electron chi connectivity index (χ4n) is 2.90. The minimum atomic E-state index is -0.202. The molecule has 1 aliphatic rings. The number of aliphatic hydroxyl groups excluding tert-OH is 1. The van der Waals surface area contributed by atoms with E-state index in [4.69, 9.17) is 5.11 Å². The van der Waals surface area contributed by atoms with Crippen molar-refractivity contribution in [2.75, 3.05) is 29.9 Å². The molecule has 0 radical (unpaired) electrons. The smallest absolute Gasteiger partial charge is 0.250 e. The van der Waals surface area contributed by atoms with Crippen molar-refractivity contribution in [2.24, 2.45) is 5.92 Å². The van der Waals surface area contributed by atoms with Gasteiger partial charge in [0.15, 0.2) is 0 Å². The number of aliphatic hydroxyl groups is 1. The van der Waals surface area contributed by atoms with Crippen molar-refractivity contribution in [3.63, 3.8) is 0 Å². The molecular weight excluding hydrogens is 308 g/mol. The van der Waals surface area contributed by atoms with Gasteiger partial charge in [0, 0.05) is 50.0 Å². The third-order valence-corrected chi connectivity index (χ3v) is 4.18. The standard InChI is InChI=1S/C17H20N4O3/c22-10-9-21-12-14(1-2-16(21)23)19-17(24)13-5-8-20(11-13)15-3-6-18-7-4-15/h1-4,6-7,12-13,22H,5,8-11H2,(H,19,24). The van der Waals surface area contributed by atoms with E-state index in [2.05, 4.69) is 15.2 Å². The molecule has 0 spiro atoms. The molecule has 1 aliphatic heterocycles. The molecule has 2 aromatic heterocycles. The number of pyridine rings is 2. The molecule has 2 N–H and O–H groups in total. The van der Waals surface area contributed by atoms with E-state index in [-0.39, 0.29) is 30.5 Å². The molecule has 0 aliphatic carbocycles. The van der Waals surface area contributed by atoms with E-state index in [0.717, 1.165) is 18.7 Å². The lowest BCUT2D eigenvalue weighted by Crippen LogP contribution is -2.28. The zero-order valence-corrected chi connectivity index (χ0v) is 13.3. The van der Waals surface area contributed by atoms with Crippen LogP contribution in [0.25, 0.3) is 0 Å². The number of amides is 1. The fourth-order valence-corrected chi connectivity index (χ4v) is 2.90. The van der Waals surface area contributed by atoms with E-state index in [9.17, 15) is 9.59 Å². The van der Waals surface area contributed by atoms with Gasteiger partial charge in [-0.25, -0.2) is 0 Å². The van der Waals surface area contributed by atoms with Crippen molar-refractivity contribution in [3.05, 3.63) is 53.2 Å². The Kier molecular flexibility index (Phi) is 4.90. The highest BCUT2D eigenvalue weighted by Crippen LogP contribution is 2.24. The molecule has 7 heteroatoms. The summed E-state index contributed by atoms with van der Waals surface area (Å²) in [7, 11) is 0. The van der Waals surface area contributed by atoms with Gasteiger partial charge in [0.05, 0.1) is 18.2 Å². The number of anilines is 2. The van der Waals surface area contributed by atoms with Crippen molar-refractivity contribution in [2.45, 2.75) is 13.0 Å². The second-order valence-electron chi connectivity index (χ2n) is 5.80. The molecule has 0 bridgehead atoms. The summed E-state index contributed by atoms with van der Waals surface area (Å²) in [4.78, 5) is 30.3. The number of carbonyl (C=O) groups is 1. The zero-order valence-electron chi connectivity index (χ0n) is 13.3. The fraction of sp³-hybridized carbons (Fsp3) is 0.353. The molecule has 2 aromatic rings. The first-order chi connectivity index (χ1) is 11.7. The van der Waals surface area contributed by atoms with E-state index in [1.54, 1.807) is 24.7 Å². The van der Waals surface area contributed by atoms with Crippen LogP contribution >= 0.6 is 0 Å². The van der Waals surface area contributed by atoms with Crippen LogP contribution in [0, 0.1) is 5.92 Å². The Morgan fingerprint density at radius 1 is 1.29 bits per heavy atom. The lowest BCUT2D eigenvalue weighted by molar-refractivity contribution is -0.119. The van der Waals surface area contributed by atoms with E-state index in [1.807, 2.05) is 12.1 Å². The minimum absolute atomic E-state index is 0.0549. The van der Waals surface area contributed by atoms with Gasteiger partial charge in [0.2, 0.25) is 5.91 Å². The van der Waals surface area contributed by atoms with Crippen LogP contribution in [0.15, 0.2) is 47.7 Å². The summed E-state index contributed by atoms with van der Waals surface area (Å²) in [5, 5.41) is 11.8. The maximum atomic E-state index is 12.5. The molecule has 1 unspecified atom stereocenters. The molecule has 0 saturated carbocycles. The minimum Gasteiger partial charge on any atom is -0.395 e. The molecule has 1 fully saturated rings. The molecule has 3 heterocycles. The third-order valence-electron chi connectivity index (χ3n) is 4.18. The number of rotatable bonds is 5. The molecule has 0 aromatic carbocycles. The highest BCUT2D eigenvalue weighted by Gasteiger charge is 2.28. The Labute approximate surface area is 139 Å². The molecule has 7 nitrogen and oxygen atoms in total. The number of aromatic nitrogens is 2. The van der Waals surface area contributed by atoms with Gasteiger partial charge in [0.1, 0.15) is 0 Å². The zero-order chi connectivity index (χ0) is 16.9. The largest absolute Gasteiger partial charge is 0.395 e. The summed E-state index contributed by atoms with van der Waals surface area (Å²) < 4.78 is 1.38. The van der Waals surface area contributed by atoms with Gasteiger partial charge in [0.25, 0.3) is 5.56 Å². The first-order valence-corrected chi connectivity index (χ1v) is 7.94. The second kappa shape index (κ2) is 7.27. The second-order valence-corrected chi connectivity index (χ2v) is 5.80. The van der Waals surface area contributed by atoms with Crippen molar-refractivity contribution < 1.29 is 9.90 Å². The Balaban J connectivity index is 1.64. The van der Waals surface area contributed by atoms with Crippen LogP contribution in [0.3, 0.4) is 0 Å². The van der Waals surface area contributed by atoms with Crippen LogP contribution in [0.2, 0.25) is 0 Å². The van der Waals surface area contributed by atoms with Crippen LogP contribution in [0.5, 0.6) is 0 Å². The molecule has 3 rings (SSSR count). The first-order valence-electron chi connectivity index (χ1n) is 7.94. The molecule has 1 atom stereocenters. The summed E-state index contributed by atoms with van der Waals surface area (Å²) in [6.07, 6.45) is 5.83. The average molecular weight is 328 g/mol. The van der Waals surface area contributed by atoms with Crippen molar-refractivity contribution in [1.82, 2.24) is 9.55 Å². The summed E-state index contributed by atoms with van der Waals surface area (Å²) in [6, 6.07) is 6.85. The van der Waals surface area contributed by atoms with Gasteiger partial charge in [-0.05, 0) is 24.6 Å². The number of carbonyl (C=O) groups excluding carboxylic acids is 1. The maximum Gasteiger partial charge on any atom is 0.250 e. The predicted molar refractivity (Wildman–Crippen MR) is 91.0 cm³/mol. The Morgan fingerprint density at radius 3 is 2.83 bits per heavy atom. The Bertz CT molecular complexity index is 760. The summed E-state index contributed by atoms with van der Waals surface area (Å²) in [5.74, 6) is -0.155. The van der Waals surface area contributed by atoms with Gasteiger partial charge in [-0.1, -0.05) is 0 Å². The average Bonchev–Trinajstić information content (AvgIpc) is 3.09. The SMILES string of the molecule is O=C(Nc1ccc(=O)n(CCO)c1)C1CCN(c2ccncc2)C1. The predicted octanol–water partition coefficient (Wildman–Crippen LogP) is 0.701. The molecular formula is C17H20N4O3. The van der Waals surface area contributed by atoms with Crippen LogP contribution in [0.1, 0.15) is 6.42 Å². The van der Waals surface area contributed by atoms with Crippen LogP contribution < -0.4 is 15.8 Å². The topological polar surface area (TPSA) is 87.5 Å². The lowest BCUT2D eigenvalue weighted by atomic mass is 10.1. The highest BCUT2D eigenvalue weighted by atomic mass is 16.3. The van der Waals surface area contributed by atoms with E-state index in [1.165, 1.54) is 10.6 Å². The molecule has 1 amide bonds. The maximum absolute atomic E-state index is 12.5. The van der Waals surface area contributed by atoms with Crippen molar-refractivity contribution >= 4 is 17.3 Å². The van der Waals surface area contributed by atoms with Gasteiger partial charge >= 0.3 is 0 Å². The molecule has 126 valence electrons. The molecule has 24 heavy (non-hydrogen) atoms. The normalized spacial score (nSPS) is 17.0. The molecule has 1 saturated heterocycles. The first kappa shape index (κ1) is 16.2. The lowest BCUT2D eigenvalue weighted by Gasteiger charge is -2.18. The van der Waals surface area contributed by atoms with Crippen LogP contribution in [0.4, 0.5) is 11.4 Å². The number of hydrogen-bond donors (Lipinski definition) is 2. The Morgan fingerprint density at radius 2 is 2.08 bits per heavy atom. The third kappa shape index (κ3) is 3.62. The number of nitrogens with zero attached hydrogens (tertiary/aromatic N) is 3. The van der Waals surface area contributed by atoms with Gasteiger partial charge in [-0.15, -0.1) is 0 Å². The van der Waals surface area contributed by atoms with Gasteiger partial charge < -0.3 is 19.9 Å². The Hall–Kier alpha value is -2.67. The van der Waals surface area contributed by atoms with E-state index < -0.39 is 0 Å². The van der Waals surface area contributed by atoms with Gasteiger partial charge in [-0.3, -0.25) is 14.6 Å². The van der Waals surface area contributed by atoms with Crippen LogP contribution in [-0.4, -0.2) is 40.3 Å². The summed E-state index contributed by atoms with van der Waals surface area (Å²) in [5.41, 5.74) is 1.43. The van der Waals surface area contributed by atoms with E-state index >= 15 is 0 Å². The van der Waals surface area contributed by atoms with Crippen LogP contribution in [-0.2, 0) is 11.3 Å².